The summed E-state index contributed by atoms with van der Waals surface area (Å²) in [5.74, 6) is 1.46. The van der Waals surface area contributed by atoms with Crippen LogP contribution >= 0.6 is 0 Å². The maximum Gasteiger partial charge on any atom is 0.238 e. The number of carbonyl (C=O) groups excluding carboxylic acids is 1. The van der Waals surface area contributed by atoms with Crippen molar-refractivity contribution in [2.24, 2.45) is 0 Å². The van der Waals surface area contributed by atoms with Gasteiger partial charge in [-0.15, -0.1) is 0 Å². The Kier molecular flexibility index (Phi) is 6.79. The van der Waals surface area contributed by atoms with Crippen LogP contribution in [0, 0.1) is 13.8 Å². The number of amides is 1. The van der Waals surface area contributed by atoms with Crippen LogP contribution in [-0.4, -0.2) is 79.2 Å². The van der Waals surface area contributed by atoms with Crippen molar-refractivity contribution < 1.29 is 4.79 Å². The molecule has 9 nitrogen and oxygen atoms in total. The van der Waals surface area contributed by atoms with Crippen LogP contribution in [0.3, 0.4) is 0 Å². The summed E-state index contributed by atoms with van der Waals surface area (Å²) in [6, 6.07) is 4.55. The number of rotatable bonds is 7. The molecule has 0 unspecified atom stereocenters. The Morgan fingerprint density at radius 1 is 1.15 bits per heavy atom. The van der Waals surface area contributed by atoms with Gasteiger partial charge in [0.2, 0.25) is 5.91 Å². The zero-order valence-electron chi connectivity index (χ0n) is 23.9. The van der Waals surface area contributed by atoms with Crippen LogP contribution in [-0.2, 0) is 4.79 Å². The maximum atomic E-state index is 13.2. The van der Waals surface area contributed by atoms with Crippen molar-refractivity contribution in [3.8, 4) is 11.3 Å². The molecule has 0 aromatic carbocycles. The van der Waals surface area contributed by atoms with Gasteiger partial charge in [-0.05, 0) is 75.4 Å². The quantitative estimate of drug-likeness (QED) is 0.368. The van der Waals surface area contributed by atoms with Crippen LogP contribution in [0.4, 0.5) is 5.82 Å². The summed E-state index contributed by atoms with van der Waals surface area (Å²) in [5.41, 5.74) is 8.67. The average molecular weight is 529 g/mol. The first-order valence-electron chi connectivity index (χ1n) is 14.4. The molecule has 2 aliphatic heterocycles. The molecule has 2 fully saturated rings. The number of nitrogens with one attached hydrogen (secondary N) is 1. The molecular formula is C30H40N8O. The van der Waals surface area contributed by atoms with Crippen molar-refractivity contribution in [1.29, 1.82) is 0 Å². The van der Waals surface area contributed by atoms with Crippen molar-refractivity contribution >= 4 is 28.4 Å². The lowest BCUT2D eigenvalue weighted by molar-refractivity contribution is -0.131. The Labute approximate surface area is 230 Å². The fourth-order valence-electron chi connectivity index (χ4n) is 6.43. The summed E-state index contributed by atoms with van der Waals surface area (Å²) in [4.78, 5) is 33.3. The summed E-state index contributed by atoms with van der Waals surface area (Å²) in [6.45, 7) is 14.9. The SMILES string of the molecule is CCC[C@H]1CN(C(=O)CN2CCCC2)CN1c1ccc2[nH]c(-c3cn4ncnc4c(C)c3C)c(C(C)C)c2n1. The van der Waals surface area contributed by atoms with Crippen LogP contribution in [0.2, 0.25) is 0 Å². The molecule has 1 N–H and O–H groups in total. The molecule has 4 aromatic rings. The number of pyridine rings is 2. The van der Waals surface area contributed by atoms with Crippen molar-refractivity contribution in [3.63, 3.8) is 0 Å². The predicted octanol–water partition coefficient (Wildman–Crippen LogP) is 4.88. The van der Waals surface area contributed by atoms with Gasteiger partial charge in [0.15, 0.2) is 5.65 Å². The van der Waals surface area contributed by atoms with Gasteiger partial charge < -0.3 is 14.8 Å². The molecule has 0 spiro atoms. The molecule has 6 heterocycles. The summed E-state index contributed by atoms with van der Waals surface area (Å²) in [5, 5.41) is 4.42. The number of nitrogens with zero attached hydrogens (tertiary/aromatic N) is 7. The van der Waals surface area contributed by atoms with Crippen LogP contribution in [0.25, 0.3) is 27.9 Å². The minimum Gasteiger partial charge on any atom is -0.353 e. The molecule has 4 aromatic heterocycles. The van der Waals surface area contributed by atoms with Crippen LogP contribution in [0.5, 0.6) is 0 Å². The van der Waals surface area contributed by atoms with E-state index in [0.717, 1.165) is 71.8 Å². The van der Waals surface area contributed by atoms with Gasteiger partial charge in [-0.2, -0.15) is 5.10 Å². The van der Waals surface area contributed by atoms with E-state index in [4.69, 9.17) is 4.98 Å². The fraction of sp³-hybridized carbons (Fsp3) is 0.533. The zero-order valence-corrected chi connectivity index (χ0v) is 23.9. The number of aryl methyl sites for hydroxylation is 1. The van der Waals surface area contributed by atoms with Gasteiger partial charge in [-0.3, -0.25) is 9.69 Å². The van der Waals surface area contributed by atoms with Crippen LogP contribution in [0.1, 0.15) is 69.1 Å². The van der Waals surface area contributed by atoms with Gasteiger partial charge in [0.05, 0.1) is 29.9 Å². The van der Waals surface area contributed by atoms with E-state index >= 15 is 0 Å². The predicted molar refractivity (Wildman–Crippen MR) is 155 cm³/mol. The van der Waals surface area contributed by atoms with E-state index in [1.54, 1.807) is 6.33 Å². The smallest absolute Gasteiger partial charge is 0.238 e. The maximum absolute atomic E-state index is 13.2. The van der Waals surface area contributed by atoms with E-state index in [2.05, 4.69) is 77.8 Å². The molecule has 2 aliphatic rings. The van der Waals surface area contributed by atoms with Crippen LogP contribution < -0.4 is 4.90 Å². The van der Waals surface area contributed by atoms with E-state index in [1.807, 2.05) is 9.42 Å². The summed E-state index contributed by atoms with van der Waals surface area (Å²) in [6.07, 6.45) is 8.19. The first-order valence-corrected chi connectivity index (χ1v) is 14.4. The van der Waals surface area contributed by atoms with Gasteiger partial charge in [0, 0.05) is 29.9 Å². The third-order valence-electron chi connectivity index (χ3n) is 8.66. The first kappa shape index (κ1) is 25.8. The molecule has 2 saturated heterocycles. The van der Waals surface area contributed by atoms with Crippen molar-refractivity contribution in [3.05, 3.63) is 41.3 Å². The summed E-state index contributed by atoms with van der Waals surface area (Å²) < 4.78 is 1.86. The minimum atomic E-state index is 0.239. The van der Waals surface area contributed by atoms with E-state index < -0.39 is 0 Å². The first-order chi connectivity index (χ1) is 18.9. The average Bonchev–Trinajstić information content (AvgIpc) is 3.71. The number of hydrogen-bond donors (Lipinski definition) is 1. The summed E-state index contributed by atoms with van der Waals surface area (Å²) >= 11 is 0. The van der Waals surface area contributed by atoms with Gasteiger partial charge in [-0.25, -0.2) is 14.5 Å². The molecule has 1 atom stereocenters. The Morgan fingerprint density at radius 3 is 2.69 bits per heavy atom. The minimum absolute atomic E-state index is 0.239. The second-order valence-corrected chi connectivity index (χ2v) is 11.6. The van der Waals surface area contributed by atoms with Crippen molar-refractivity contribution in [2.45, 2.75) is 72.3 Å². The molecule has 0 aliphatic carbocycles. The molecule has 0 bridgehead atoms. The molecule has 206 valence electrons. The Bertz CT molecular complexity index is 1510. The lowest BCUT2D eigenvalue weighted by Gasteiger charge is -2.24. The lowest BCUT2D eigenvalue weighted by Crippen LogP contribution is -2.39. The Hall–Kier alpha value is -3.46. The van der Waals surface area contributed by atoms with Crippen molar-refractivity contribution in [1.82, 2.24) is 34.4 Å². The third kappa shape index (κ3) is 4.56. The van der Waals surface area contributed by atoms with E-state index in [9.17, 15) is 4.79 Å². The van der Waals surface area contributed by atoms with E-state index in [-0.39, 0.29) is 17.9 Å². The van der Waals surface area contributed by atoms with Gasteiger partial charge in [0.1, 0.15) is 12.1 Å². The number of H-pyrrole nitrogens is 1. The largest absolute Gasteiger partial charge is 0.353 e. The number of anilines is 1. The molecule has 9 heteroatoms. The number of hydrogen-bond acceptors (Lipinski definition) is 6. The second-order valence-electron chi connectivity index (χ2n) is 11.6. The Balaban J connectivity index is 1.37. The van der Waals surface area contributed by atoms with E-state index in [1.165, 1.54) is 24.0 Å². The highest BCUT2D eigenvalue weighted by molar-refractivity contribution is 5.90. The zero-order chi connectivity index (χ0) is 27.3. The number of fused-ring (bicyclic) bond motifs is 2. The number of carbonyl (C=O) groups is 1. The van der Waals surface area contributed by atoms with E-state index in [0.29, 0.717) is 13.2 Å². The highest BCUT2D eigenvalue weighted by atomic mass is 16.2. The second kappa shape index (κ2) is 10.3. The monoisotopic (exact) mass is 528 g/mol. The standard InChI is InChI=1S/C30H40N8O/c1-6-9-22-14-36(26(39)16-35-12-7-8-13-35)18-37(22)25-11-10-24-29(34-25)27(19(2)3)28(33-24)23-15-38-30(31-17-32-38)21(5)20(23)4/h10-11,15,17,19,22,33H,6-9,12-14,16,18H2,1-5H3/t22-/m0/s1. The van der Waals surface area contributed by atoms with Crippen LogP contribution in [0.15, 0.2) is 24.7 Å². The van der Waals surface area contributed by atoms with Gasteiger partial charge in [-0.1, -0.05) is 27.2 Å². The highest BCUT2D eigenvalue weighted by Gasteiger charge is 2.34. The Morgan fingerprint density at radius 2 is 1.95 bits per heavy atom. The molecular weight excluding hydrogens is 488 g/mol. The van der Waals surface area contributed by atoms with Gasteiger partial charge >= 0.3 is 0 Å². The van der Waals surface area contributed by atoms with Crippen molar-refractivity contribution in [2.75, 3.05) is 37.7 Å². The molecule has 39 heavy (non-hydrogen) atoms. The number of aromatic nitrogens is 5. The summed E-state index contributed by atoms with van der Waals surface area (Å²) in [7, 11) is 0. The number of aromatic amines is 1. The topological polar surface area (TPSA) is 85.7 Å². The molecule has 0 radical (unpaired) electrons. The normalized spacial score (nSPS) is 18.5. The third-order valence-corrected chi connectivity index (χ3v) is 8.66. The fourth-order valence-corrected chi connectivity index (χ4v) is 6.43. The molecule has 6 rings (SSSR count). The molecule has 1 amide bonds. The molecule has 0 saturated carbocycles. The highest BCUT2D eigenvalue weighted by Crippen LogP contribution is 2.38. The van der Waals surface area contributed by atoms with Gasteiger partial charge in [0.25, 0.3) is 0 Å². The lowest BCUT2D eigenvalue weighted by atomic mass is 9.95. The number of likely N-dealkylation sites (tertiary alicyclic amines) is 1.